The smallest absolute Gasteiger partial charge is 0.407 e. The first-order chi connectivity index (χ1) is 9.19. The van der Waals surface area contributed by atoms with E-state index in [1.165, 1.54) is 7.05 Å². The Labute approximate surface area is 111 Å². The molecule has 0 spiro atoms. The maximum Gasteiger partial charge on any atom is 0.407 e. The summed E-state index contributed by atoms with van der Waals surface area (Å²) < 4.78 is 5.00. The number of ether oxygens (including phenoxy) is 1. The molecule has 0 bridgehead atoms. The van der Waals surface area contributed by atoms with Crippen LogP contribution in [0.5, 0.6) is 5.75 Å². The van der Waals surface area contributed by atoms with Gasteiger partial charge in [0.2, 0.25) is 0 Å². The zero-order chi connectivity index (χ0) is 13.7. The first-order valence-electron chi connectivity index (χ1n) is 5.92. The summed E-state index contributed by atoms with van der Waals surface area (Å²) in [5.41, 5.74) is 2.92. The van der Waals surface area contributed by atoms with Crippen LogP contribution in [0.1, 0.15) is 5.56 Å². The van der Waals surface area contributed by atoms with Crippen LogP contribution in [0.3, 0.4) is 0 Å². The Hall–Kier alpha value is -2.49. The van der Waals surface area contributed by atoms with Crippen LogP contribution >= 0.6 is 0 Å². The number of nitrogens with one attached hydrogen (secondary N) is 1. The summed E-state index contributed by atoms with van der Waals surface area (Å²) in [4.78, 5) is 11.0. The van der Waals surface area contributed by atoms with Gasteiger partial charge in [-0.15, -0.1) is 0 Å². The molecule has 19 heavy (non-hydrogen) atoms. The molecular formula is C15H15NO3. The highest BCUT2D eigenvalue weighted by molar-refractivity contribution is 5.67. The molecule has 1 amide bonds. The van der Waals surface area contributed by atoms with Crippen molar-refractivity contribution < 1.29 is 14.6 Å². The van der Waals surface area contributed by atoms with E-state index in [1.54, 1.807) is 12.1 Å². The van der Waals surface area contributed by atoms with E-state index >= 15 is 0 Å². The first-order valence-corrected chi connectivity index (χ1v) is 5.92. The highest BCUT2D eigenvalue weighted by Gasteiger charge is 2.02. The van der Waals surface area contributed by atoms with Gasteiger partial charge < -0.3 is 15.2 Å². The number of phenols is 1. The van der Waals surface area contributed by atoms with Crippen LogP contribution in [0.25, 0.3) is 11.1 Å². The summed E-state index contributed by atoms with van der Waals surface area (Å²) in [6, 6.07) is 14.7. The van der Waals surface area contributed by atoms with Crippen LogP contribution in [0, 0.1) is 0 Å². The molecular weight excluding hydrogens is 242 g/mol. The van der Waals surface area contributed by atoms with Gasteiger partial charge in [0, 0.05) is 7.05 Å². The van der Waals surface area contributed by atoms with Crippen LogP contribution in [-0.2, 0) is 11.3 Å². The minimum atomic E-state index is -0.449. The van der Waals surface area contributed by atoms with Gasteiger partial charge in [0.05, 0.1) is 0 Å². The number of hydrogen-bond donors (Lipinski definition) is 2. The minimum absolute atomic E-state index is 0.228. The zero-order valence-corrected chi connectivity index (χ0v) is 10.6. The van der Waals surface area contributed by atoms with Crippen molar-refractivity contribution in [1.29, 1.82) is 0 Å². The van der Waals surface area contributed by atoms with Crippen molar-refractivity contribution in [3.05, 3.63) is 54.1 Å². The molecule has 0 fully saturated rings. The molecule has 98 valence electrons. The summed E-state index contributed by atoms with van der Waals surface area (Å²) in [6.07, 6.45) is -0.449. The molecule has 2 rings (SSSR count). The Balaban J connectivity index is 2.15. The van der Waals surface area contributed by atoms with Crippen LogP contribution < -0.4 is 5.32 Å². The summed E-state index contributed by atoms with van der Waals surface area (Å²) in [5, 5.41) is 11.7. The number of aromatic hydroxyl groups is 1. The van der Waals surface area contributed by atoms with Crippen LogP contribution in [0.15, 0.2) is 48.5 Å². The maximum absolute atomic E-state index is 11.0. The van der Waals surface area contributed by atoms with Gasteiger partial charge in [-0.2, -0.15) is 0 Å². The fraction of sp³-hybridized carbons (Fsp3) is 0.133. The van der Waals surface area contributed by atoms with Gasteiger partial charge in [-0.1, -0.05) is 30.3 Å². The van der Waals surface area contributed by atoms with Gasteiger partial charge in [0.15, 0.2) is 0 Å². The number of hydrogen-bond acceptors (Lipinski definition) is 3. The molecule has 0 aliphatic carbocycles. The predicted octanol–water partition coefficient (Wildman–Crippen LogP) is 2.92. The second-order valence-corrected chi connectivity index (χ2v) is 4.07. The van der Waals surface area contributed by atoms with Crippen LogP contribution in [-0.4, -0.2) is 18.2 Å². The standard InChI is InChI=1S/C15H15NO3/c1-16-15(18)19-10-11-3-2-4-13(9-11)12-5-7-14(17)8-6-12/h2-9,17H,10H2,1H3,(H,16,18). The monoisotopic (exact) mass is 257 g/mol. The fourth-order valence-electron chi connectivity index (χ4n) is 1.72. The zero-order valence-electron chi connectivity index (χ0n) is 10.6. The second-order valence-electron chi connectivity index (χ2n) is 4.07. The van der Waals surface area contributed by atoms with E-state index in [9.17, 15) is 9.90 Å². The van der Waals surface area contributed by atoms with E-state index in [0.717, 1.165) is 16.7 Å². The maximum atomic E-state index is 11.0. The topological polar surface area (TPSA) is 58.6 Å². The molecule has 0 aromatic heterocycles. The summed E-state index contributed by atoms with van der Waals surface area (Å²) >= 11 is 0. The molecule has 0 saturated heterocycles. The molecule has 2 aromatic carbocycles. The van der Waals surface area contributed by atoms with E-state index < -0.39 is 6.09 Å². The van der Waals surface area contributed by atoms with Crippen molar-refractivity contribution in [2.45, 2.75) is 6.61 Å². The molecule has 0 aliphatic rings. The average Bonchev–Trinajstić information content (AvgIpc) is 2.46. The lowest BCUT2D eigenvalue weighted by molar-refractivity contribution is 0.142. The van der Waals surface area contributed by atoms with Crippen molar-refractivity contribution in [2.75, 3.05) is 7.05 Å². The van der Waals surface area contributed by atoms with Crippen molar-refractivity contribution >= 4 is 6.09 Å². The normalized spacial score (nSPS) is 9.95. The molecule has 0 aliphatic heterocycles. The van der Waals surface area contributed by atoms with Crippen LogP contribution in [0.4, 0.5) is 4.79 Å². The lowest BCUT2D eigenvalue weighted by Gasteiger charge is -2.07. The Bertz CT molecular complexity index is 564. The molecule has 2 aromatic rings. The van der Waals surface area contributed by atoms with Gasteiger partial charge in [-0.25, -0.2) is 4.79 Å². The molecule has 4 nitrogen and oxygen atoms in total. The number of carbonyl (C=O) groups is 1. The number of carbonyl (C=O) groups excluding carboxylic acids is 1. The third-order valence-electron chi connectivity index (χ3n) is 2.70. The van der Waals surface area contributed by atoms with Crippen molar-refractivity contribution in [3.63, 3.8) is 0 Å². The number of benzene rings is 2. The number of amides is 1. The Morgan fingerprint density at radius 3 is 2.58 bits per heavy atom. The molecule has 4 heteroatoms. The third kappa shape index (κ3) is 3.48. The van der Waals surface area contributed by atoms with Crippen LogP contribution in [0.2, 0.25) is 0 Å². The Morgan fingerprint density at radius 2 is 1.89 bits per heavy atom. The number of alkyl carbamates (subject to hydrolysis) is 1. The summed E-state index contributed by atoms with van der Waals surface area (Å²) in [5.74, 6) is 0.239. The summed E-state index contributed by atoms with van der Waals surface area (Å²) in [7, 11) is 1.52. The predicted molar refractivity (Wildman–Crippen MR) is 72.8 cm³/mol. The largest absolute Gasteiger partial charge is 0.508 e. The number of rotatable bonds is 3. The van der Waals surface area contributed by atoms with E-state index in [2.05, 4.69) is 5.32 Å². The summed E-state index contributed by atoms with van der Waals surface area (Å²) in [6.45, 7) is 0.228. The van der Waals surface area contributed by atoms with Gasteiger partial charge in [0.25, 0.3) is 0 Å². The van der Waals surface area contributed by atoms with Gasteiger partial charge >= 0.3 is 6.09 Å². The molecule has 2 N–H and O–H groups in total. The van der Waals surface area contributed by atoms with Crippen molar-refractivity contribution in [3.8, 4) is 16.9 Å². The Kier molecular flexibility index (Phi) is 4.03. The van der Waals surface area contributed by atoms with E-state index in [0.29, 0.717) is 0 Å². The highest BCUT2D eigenvalue weighted by atomic mass is 16.5. The second kappa shape index (κ2) is 5.91. The van der Waals surface area contributed by atoms with Gasteiger partial charge in [-0.3, -0.25) is 0 Å². The fourth-order valence-corrected chi connectivity index (χ4v) is 1.72. The molecule has 0 atom stereocenters. The van der Waals surface area contributed by atoms with E-state index in [1.807, 2.05) is 36.4 Å². The lowest BCUT2D eigenvalue weighted by Crippen LogP contribution is -2.18. The van der Waals surface area contributed by atoms with Gasteiger partial charge in [-0.05, 0) is 34.9 Å². The molecule has 0 unspecified atom stereocenters. The first kappa shape index (κ1) is 13.0. The lowest BCUT2D eigenvalue weighted by atomic mass is 10.0. The molecule has 0 radical (unpaired) electrons. The van der Waals surface area contributed by atoms with E-state index in [-0.39, 0.29) is 12.4 Å². The SMILES string of the molecule is CNC(=O)OCc1cccc(-c2ccc(O)cc2)c1. The highest BCUT2D eigenvalue weighted by Crippen LogP contribution is 2.22. The molecule has 0 saturated carbocycles. The Morgan fingerprint density at radius 1 is 1.16 bits per heavy atom. The minimum Gasteiger partial charge on any atom is -0.508 e. The third-order valence-corrected chi connectivity index (χ3v) is 2.70. The number of phenolic OH excluding ortho intramolecular Hbond substituents is 1. The van der Waals surface area contributed by atoms with E-state index in [4.69, 9.17) is 4.74 Å². The average molecular weight is 257 g/mol. The molecule has 0 heterocycles. The quantitative estimate of drug-likeness (QED) is 0.888. The van der Waals surface area contributed by atoms with Gasteiger partial charge in [0.1, 0.15) is 12.4 Å². The van der Waals surface area contributed by atoms with Crippen molar-refractivity contribution in [1.82, 2.24) is 5.32 Å². The van der Waals surface area contributed by atoms with Crippen molar-refractivity contribution in [2.24, 2.45) is 0 Å².